The van der Waals surface area contributed by atoms with E-state index in [9.17, 15) is 9.90 Å². The van der Waals surface area contributed by atoms with E-state index < -0.39 is 6.10 Å². The number of carbonyl (C=O) groups is 1. The summed E-state index contributed by atoms with van der Waals surface area (Å²) in [6.45, 7) is 6.18. The minimum Gasteiger partial charge on any atom is -0.495 e. The third kappa shape index (κ3) is 3.71. The molecule has 1 amide bonds. The average Bonchev–Trinajstić information content (AvgIpc) is 2.75. The number of aliphatic hydroxyl groups is 1. The van der Waals surface area contributed by atoms with Crippen molar-refractivity contribution in [2.75, 3.05) is 13.7 Å². The highest BCUT2D eigenvalue weighted by atomic mass is 32.1. The molecule has 18 heavy (non-hydrogen) atoms. The Kier molecular flexibility index (Phi) is 5.62. The minimum absolute atomic E-state index is 0.178. The van der Waals surface area contributed by atoms with Crippen LogP contribution in [0.2, 0.25) is 0 Å². The van der Waals surface area contributed by atoms with E-state index in [1.165, 1.54) is 11.3 Å². The van der Waals surface area contributed by atoms with E-state index in [0.29, 0.717) is 10.6 Å². The van der Waals surface area contributed by atoms with Crippen LogP contribution in [0.1, 0.15) is 34.8 Å². The molecule has 0 fully saturated rings. The Morgan fingerprint density at radius 2 is 2.28 bits per heavy atom. The number of methoxy groups -OCH3 is 1. The number of hydrogen-bond acceptors (Lipinski definition) is 4. The topological polar surface area (TPSA) is 58.6 Å². The Labute approximate surface area is 112 Å². The van der Waals surface area contributed by atoms with E-state index in [2.05, 4.69) is 5.32 Å². The number of aliphatic hydroxyl groups excluding tert-OH is 1. The molecule has 0 aromatic carbocycles. The highest BCUT2D eigenvalue weighted by Crippen LogP contribution is 2.28. The number of amides is 1. The SMILES string of the molecule is CCC(C)C(O)CNC(=O)c1sc(C)cc1OC. The number of thiophene rings is 1. The lowest BCUT2D eigenvalue weighted by molar-refractivity contribution is 0.0851. The van der Waals surface area contributed by atoms with Gasteiger partial charge in [0.1, 0.15) is 10.6 Å². The summed E-state index contributed by atoms with van der Waals surface area (Å²) in [7, 11) is 1.55. The number of rotatable bonds is 6. The Morgan fingerprint density at radius 1 is 1.61 bits per heavy atom. The van der Waals surface area contributed by atoms with Crippen LogP contribution in [0.25, 0.3) is 0 Å². The maximum Gasteiger partial charge on any atom is 0.265 e. The number of aryl methyl sites for hydroxylation is 1. The molecule has 0 bridgehead atoms. The van der Waals surface area contributed by atoms with Gasteiger partial charge >= 0.3 is 0 Å². The molecule has 0 saturated carbocycles. The van der Waals surface area contributed by atoms with Crippen molar-refractivity contribution in [3.8, 4) is 5.75 Å². The molecular formula is C13H21NO3S. The van der Waals surface area contributed by atoms with E-state index in [1.807, 2.05) is 26.8 Å². The van der Waals surface area contributed by atoms with Gasteiger partial charge in [-0.2, -0.15) is 0 Å². The molecule has 0 spiro atoms. The molecule has 1 aromatic rings. The first-order valence-corrected chi connectivity index (χ1v) is 6.91. The summed E-state index contributed by atoms with van der Waals surface area (Å²) >= 11 is 1.39. The van der Waals surface area contributed by atoms with E-state index >= 15 is 0 Å². The highest BCUT2D eigenvalue weighted by molar-refractivity contribution is 7.14. The van der Waals surface area contributed by atoms with Crippen molar-refractivity contribution in [1.82, 2.24) is 5.32 Å². The molecule has 0 aliphatic rings. The summed E-state index contributed by atoms with van der Waals surface area (Å²) in [5, 5.41) is 12.5. The Morgan fingerprint density at radius 3 is 2.83 bits per heavy atom. The molecule has 0 saturated heterocycles. The smallest absolute Gasteiger partial charge is 0.265 e. The molecule has 5 heteroatoms. The third-order valence-corrected chi connectivity index (χ3v) is 4.05. The van der Waals surface area contributed by atoms with Crippen molar-refractivity contribution in [1.29, 1.82) is 0 Å². The molecule has 1 aromatic heterocycles. The van der Waals surface area contributed by atoms with Crippen LogP contribution in [0.3, 0.4) is 0 Å². The predicted molar refractivity (Wildman–Crippen MR) is 73.4 cm³/mol. The van der Waals surface area contributed by atoms with E-state index in [-0.39, 0.29) is 18.4 Å². The van der Waals surface area contributed by atoms with Crippen molar-refractivity contribution in [2.45, 2.75) is 33.3 Å². The van der Waals surface area contributed by atoms with Gasteiger partial charge < -0.3 is 15.2 Å². The zero-order valence-electron chi connectivity index (χ0n) is 11.3. The number of nitrogens with one attached hydrogen (secondary N) is 1. The lowest BCUT2D eigenvalue weighted by Gasteiger charge is -2.17. The Balaban J connectivity index is 2.60. The average molecular weight is 271 g/mol. The van der Waals surface area contributed by atoms with Crippen LogP contribution in [0, 0.1) is 12.8 Å². The van der Waals surface area contributed by atoms with Crippen LogP contribution in [-0.4, -0.2) is 30.8 Å². The van der Waals surface area contributed by atoms with Crippen molar-refractivity contribution in [3.63, 3.8) is 0 Å². The summed E-state index contributed by atoms with van der Waals surface area (Å²) < 4.78 is 5.15. The molecule has 2 unspecified atom stereocenters. The van der Waals surface area contributed by atoms with Gasteiger partial charge in [0.15, 0.2) is 0 Å². The summed E-state index contributed by atoms with van der Waals surface area (Å²) in [5.74, 6) is 0.581. The molecule has 2 atom stereocenters. The van der Waals surface area contributed by atoms with E-state index in [1.54, 1.807) is 7.11 Å². The monoisotopic (exact) mass is 271 g/mol. The van der Waals surface area contributed by atoms with Crippen molar-refractivity contribution in [2.24, 2.45) is 5.92 Å². The number of hydrogen-bond donors (Lipinski definition) is 2. The summed E-state index contributed by atoms with van der Waals surface area (Å²) in [4.78, 5) is 13.6. The van der Waals surface area contributed by atoms with Crippen LogP contribution >= 0.6 is 11.3 Å². The Hall–Kier alpha value is -1.07. The molecular weight excluding hydrogens is 250 g/mol. The molecule has 0 aliphatic carbocycles. The van der Waals surface area contributed by atoms with Crippen LogP contribution in [0.5, 0.6) is 5.75 Å². The lowest BCUT2D eigenvalue weighted by atomic mass is 10.0. The first-order valence-electron chi connectivity index (χ1n) is 6.10. The zero-order chi connectivity index (χ0) is 13.7. The highest BCUT2D eigenvalue weighted by Gasteiger charge is 2.18. The molecule has 102 valence electrons. The van der Waals surface area contributed by atoms with E-state index in [0.717, 1.165) is 11.3 Å². The quantitative estimate of drug-likeness (QED) is 0.834. The van der Waals surface area contributed by atoms with Crippen LogP contribution < -0.4 is 10.1 Å². The third-order valence-electron chi connectivity index (χ3n) is 3.02. The van der Waals surface area contributed by atoms with Gasteiger partial charge in [-0.1, -0.05) is 20.3 Å². The van der Waals surface area contributed by atoms with Crippen molar-refractivity contribution >= 4 is 17.2 Å². The van der Waals surface area contributed by atoms with Gasteiger partial charge in [-0.25, -0.2) is 0 Å². The van der Waals surface area contributed by atoms with Crippen molar-refractivity contribution < 1.29 is 14.6 Å². The van der Waals surface area contributed by atoms with Crippen LogP contribution in [0.15, 0.2) is 6.07 Å². The molecule has 2 N–H and O–H groups in total. The van der Waals surface area contributed by atoms with Gasteiger partial charge in [-0.15, -0.1) is 11.3 Å². The van der Waals surface area contributed by atoms with Crippen LogP contribution in [0.4, 0.5) is 0 Å². The molecule has 1 heterocycles. The van der Waals surface area contributed by atoms with Gasteiger partial charge in [-0.05, 0) is 18.9 Å². The maximum absolute atomic E-state index is 12.0. The van der Waals surface area contributed by atoms with Gasteiger partial charge in [-0.3, -0.25) is 4.79 Å². The van der Waals surface area contributed by atoms with E-state index in [4.69, 9.17) is 4.74 Å². The molecule has 0 aliphatic heterocycles. The van der Waals surface area contributed by atoms with Crippen LogP contribution in [-0.2, 0) is 0 Å². The van der Waals surface area contributed by atoms with Crippen molar-refractivity contribution in [3.05, 3.63) is 15.8 Å². The Bertz CT molecular complexity index is 403. The summed E-state index contributed by atoms with van der Waals surface area (Å²) in [5.41, 5.74) is 0. The fraction of sp³-hybridized carbons (Fsp3) is 0.615. The second kappa shape index (κ2) is 6.75. The first-order chi connectivity index (χ1) is 8.49. The normalized spacial score (nSPS) is 14.1. The van der Waals surface area contributed by atoms with Gasteiger partial charge in [0.2, 0.25) is 0 Å². The number of carbonyl (C=O) groups excluding carboxylic acids is 1. The second-order valence-electron chi connectivity index (χ2n) is 4.42. The fourth-order valence-electron chi connectivity index (χ4n) is 1.55. The summed E-state index contributed by atoms with van der Waals surface area (Å²) in [6.07, 6.45) is 0.379. The molecule has 1 rings (SSSR count). The minimum atomic E-state index is -0.508. The standard InChI is InChI=1S/C13H21NO3S/c1-5-8(2)10(15)7-14-13(16)12-11(17-4)6-9(3)18-12/h6,8,10,15H,5,7H2,1-4H3,(H,14,16). The summed E-state index contributed by atoms with van der Waals surface area (Å²) in [6, 6.07) is 1.84. The fourth-order valence-corrected chi connectivity index (χ4v) is 2.45. The molecule has 4 nitrogen and oxygen atoms in total. The molecule has 0 radical (unpaired) electrons. The zero-order valence-corrected chi connectivity index (χ0v) is 12.1. The predicted octanol–water partition coefficient (Wildman–Crippen LogP) is 2.20. The van der Waals surface area contributed by atoms with Gasteiger partial charge in [0, 0.05) is 11.4 Å². The largest absolute Gasteiger partial charge is 0.495 e. The second-order valence-corrected chi connectivity index (χ2v) is 5.67. The van der Waals surface area contributed by atoms with Gasteiger partial charge in [0.05, 0.1) is 13.2 Å². The van der Waals surface area contributed by atoms with Gasteiger partial charge in [0.25, 0.3) is 5.91 Å². The first kappa shape index (κ1) is 15.0. The number of ether oxygens (including phenoxy) is 1. The maximum atomic E-state index is 12.0. The lowest BCUT2D eigenvalue weighted by Crippen LogP contribution is -2.35.